The molecule has 1 amide bonds. The Morgan fingerprint density at radius 2 is 2.16 bits per heavy atom. The smallest absolute Gasteiger partial charge is 0.410 e. The van der Waals surface area contributed by atoms with E-state index in [2.05, 4.69) is 16.9 Å². The first-order valence-corrected chi connectivity index (χ1v) is 6.70. The lowest BCUT2D eigenvalue weighted by molar-refractivity contribution is 0.0220. The van der Waals surface area contributed by atoms with E-state index in [4.69, 9.17) is 4.74 Å². The Morgan fingerprint density at radius 1 is 1.42 bits per heavy atom. The molecular weight excluding hydrogens is 242 g/mol. The summed E-state index contributed by atoms with van der Waals surface area (Å²) in [6, 6.07) is 0. The Kier molecular flexibility index (Phi) is 3.73. The SMILES string of the molecule is CCc1ncnc2c1CCN(C(=O)OC(C)(C)C)C2. The van der Waals surface area contributed by atoms with Gasteiger partial charge in [0.2, 0.25) is 0 Å². The summed E-state index contributed by atoms with van der Waals surface area (Å²) in [6.45, 7) is 8.89. The summed E-state index contributed by atoms with van der Waals surface area (Å²) in [4.78, 5) is 22.3. The molecule has 0 saturated carbocycles. The van der Waals surface area contributed by atoms with Crippen molar-refractivity contribution in [2.24, 2.45) is 0 Å². The minimum absolute atomic E-state index is 0.269. The van der Waals surface area contributed by atoms with Gasteiger partial charge in [-0.15, -0.1) is 0 Å². The Balaban J connectivity index is 2.12. The number of carbonyl (C=O) groups excluding carboxylic acids is 1. The van der Waals surface area contributed by atoms with E-state index < -0.39 is 5.60 Å². The van der Waals surface area contributed by atoms with Crippen LogP contribution >= 0.6 is 0 Å². The second kappa shape index (κ2) is 5.15. The predicted molar refractivity (Wildman–Crippen MR) is 71.8 cm³/mol. The number of amides is 1. The van der Waals surface area contributed by atoms with Crippen LogP contribution in [0, 0.1) is 0 Å². The standard InChI is InChI=1S/C14H21N3O2/c1-5-11-10-6-7-17(8-12(10)16-9-15-11)13(18)19-14(2,3)4/h9H,5-8H2,1-4H3. The molecule has 2 rings (SSSR count). The molecule has 2 heterocycles. The van der Waals surface area contributed by atoms with E-state index in [1.54, 1.807) is 11.2 Å². The molecule has 0 aromatic carbocycles. The maximum atomic E-state index is 12.0. The molecule has 5 heteroatoms. The number of aromatic nitrogens is 2. The van der Waals surface area contributed by atoms with Crippen molar-refractivity contribution < 1.29 is 9.53 Å². The van der Waals surface area contributed by atoms with E-state index in [-0.39, 0.29) is 6.09 Å². The molecule has 0 radical (unpaired) electrons. The molecule has 104 valence electrons. The fourth-order valence-corrected chi connectivity index (χ4v) is 2.21. The Morgan fingerprint density at radius 3 is 2.79 bits per heavy atom. The lowest BCUT2D eigenvalue weighted by Crippen LogP contribution is -2.40. The first-order valence-electron chi connectivity index (χ1n) is 6.70. The molecule has 19 heavy (non-hydrogen) atoms. The summed E-state index contributed by atoms with van der Waals surface area (Å²) < 4.78 is 5.39. The molecule has 0 atom stereocenters. The largest absolute Gasteiger partial charge is 0.444 e. The van der Waals surface area contributed by atoms with Gasteiger partial charge in [0.1, 0.15) is 11.9 Å². The van der Waals surface area contributed by atoms with E-state index in [0.29, 0.717) is 13.1 Å². The second-order valence-electron chi connectivity index (χ2n) is 5.75. The maximum Gasteiger partial charge on any atom is 0.410 e. The van der Waals surface area contributed by atoms with Gasteiger partial charge in [-0.2, -0.15) is 0 Å². The Hall–Kier alpha value is -1.65. The number of nitrogens with zero attached hydrogens (tertiary/aromatic N) is 3. The van der Waals surface area contributed by atoms with Crippen LogP contribution in [0.25, 0.3) is 0 Å². The molecule has 1 aliphatic heterocycles. The van der Waals surface area contributed by atoms with E-state index in [9.17, 15) is 4.79 Å². The molecular formula is C14H21N3O2. The van der Waals surface area contributed by atoms with Crippen molar-refractivity contribution in [1.82, 2.24) is 14.9 Å². The van der Waals surface area contributed by atoms with Crippen LogP contribution in [0.5, 0.6) is 0 Å². The van der Waals surface area contributed by atoms with Gasteiger partial charge in [0.15, 0.2) is 0 Å². The molecule has 1 aromatic rings. The van der Waals surface area contributed by atoms with Crippen LogP contribution in [0.4, 0.5) is 4.79 Å². The van der Waals surface area contributed by atoms with E-state index in [0.717, 1.165) is 24.2 Å². The number of hydrogen-bond donors (Lipinski definition) is 0. The van der Waals surface area contributed by atoms with Crippen molar-refractivity contribution in [3.63, 3.8) is 0 Å². The van der Waals surface area contributed by atoms with Crippen molar-refractivity contribution in [2.45, 2.75) is 52.7 Å². The van der Waals surface area contributed by atoms with Gasteiger partial charge in [-0.1, -0.05) is 6.92 Å². The lowest BCUT2D eigenvalue weighted by Gasteiger charge is -2.31. The normalized spacial score (nSPS) is 15.1. The fraction of sp³-hybridized carbons (Fsp3) is 0.643. The van der Waals surface area contributed by atoms with Crippen LogP contribution in [0.1, 0.15) is 44.6 Å². The van der Waals surface area contributed by atoms with Crippen molar-refractivity contribution in [1.29, 1.82) is 0 Å². The first kappa shape index (κ1) is 13.8. The Bertz CT molecular complexity index is 480. The predicted octanol–water partition coefficient (Wildman–Crippen LogP) is 2.33. The summed E-state index contributed by atoms with van der Waals surface area (Å²) in [5.41, 5.74) is 2.78. The summed E-state index contributed by atoms with van der Waals surface area (Å²) in [5, 5.41) is 0. The zero-order valence-corrected chi connectivity index (χ0v) is 12.1. The minimum Gasteiger partial charge on any atom is -0.444 e. The number of aryl methyl sites for hydroxylation is 1. The number of ether oxygens (including phenoxy) is 1. The molecule has 0 saturated heterocycles. The third-order valence-corrected chi connectivity index (χ3v) is 3.08. The van der Waals surface area contributed by atoms with Crippen molar-refractivity contribution in [3.8, 4) is 0 Å². The van der Waals surface area contributed by atoms with Crippen LogP contribution < -0.4 is 0 Å². The highest BCUT2D eigenvalue weighted by molar-refractivity contribution is 5.68. The van der Waals surface area contributed by atoms with Crippen LogP contribution in [0.3, 0.4) is 0 Å². The molecule has 0 spiro atoms. The molecule has 5 nitrogen and oxygen atoms in total. The van der Waals surface area contributed by atoms with Crippen molar-refractivity contribution >= 4 is 6.09 Å². The monoisotopic (exact) mass is 263 g/mol. The lowest BCUT2D eigenvalue weighted by atomic mass is 10.0. The zero-order chi connectivity index (χ0) is 14.0. The third kappa shape index (κ3) is 3.22. The molecule has 0 aliphatic carbocycles. The number of carbonyl (C=O) groups is 1. The van der Waals surface area contributed by atoms with E-state index in [1.807, 2.05) is 20.8 Å². The zero-order valence-electron chi connectivity index (χ0n) is 12.1. The molecule has 0 unspecified atom stereocenters. The molecule has 0 N–H and O–H groups in total. The molecule has 0 fully saturated rings. The molecule has 0 bridgehead atoms. The first-order chi connectivity index (χ1) is 8.90. The summed E-state index contributed by atoms with van der Waals surface area (Å²) in [6.07, 6.45) is 3.02. The molecule has 1 aliphatic rings. The van der Waals surface area contributed by atoms with Gasteiger partial charge in [-0.05, 0) is 39.2 Å². The van der Waals surface area contributed by atoms with E-state index >= 15 is 0 Å². The number of hydrogen-bond acceptors (Lipinski definition) is 4. The van der Waals surface area contributed by atoms with Crippen molar-refractivity contribution in [2.75, 3.05) is 6.54 Å². The fourth-order valence-electron chi connectivity index (χ4n) is 2.21. The van der Waals surface area contributed by atoms with Crippen LogP contribution in [0.2, 0.25) is 0 Å². The van der Waals surface area contributed by atoms with Crippen LogP contribution in [-0.2, 0) is 24.1 Å². The van der Waals surface area contributed by atoms with E-state index in [1.165, 1.54) is 5.56 Å². The van der Waals surface area contributed by atoms with Gasteiger partial charge in [0, 0.05) is 12.2 Å². The average molecular weight is 263 g/mol. The summed E-state index contributed by atoms with van der Waals surface area (Å²) >= 11 is 0. The minimum atomic E-state index is -0.461. The number of rotatable bonds is 1. The van der Waals surface area contributed by atoms with Crippen LogP contribution in [0.15, 0.2) is 6.33 Å². The number of fused-ring (bicyclic) bond motifs is 1. The highest BCUT2D eigenvalue weighted by atomic mass is 16.6. The van der Waals surface area contributed by atoms with Crippen LogP contribution in [-0.4, -0.2) is 33.1 Å². The molecule has 1 aromatic heterocycles. The van der Waals surface area contributed by atoms with Crippen molar-refractivity contribution in [3.05, 3.63) is 23.3 Å². The highest BCUT2D eigenvalue weighted by Crippen LogP contribution is 2.21. The summed E-state index contributed by atoms with van der Waals surface area (Å²) in [7, 11) is 0. The average Bonchev–Trinajstić information content (AvgIpc) is 2.35. The quantitative estimate of drug-likeness (QED) is 0.780. The van der Waals surface area contributed by atoms with Gasteiger partial charge < -0.3 is 9.64 Å². The second-order valence-corrected chi connectivity index (χ2v) is 5.75. The van der Waals surface area contributed by atoms with Gasteiger partial charge in [-0.25, -0.2) is 14.8 Å². The van der Waals surface area contributed by atoms with Gasteiger partial charge in [-0.3, -0.25) is 0 Å². The van der Waals surface area contributed by atoms with Gasteiger partial charge in [0.05, 0.1) is 12.2 Å². The van der Waals surface area contributed by atoms with Gasteiger partial charge >= 0.3 is 6.09 Å². The topological polar surface area (TPSA) is 55.3 Å². The third-order valence-electron chi connectivity index (χ3n) is 3.08. The highest BCUT2D eigenvalue weighted by Gasteiger charge is 2.27. The van der Waals surface area contributed by atoms with Gasteiger partial charge in [0.25, 0.3) is 0 Å². The maximum absolute atomic E-state index is 12.0. The Labute approximate surface area is 114 Å². The summed E-state index contributed by atoms with van der Waals surface area (Å²) in [5.74, 6) is 0.